The Kier molecular flexibility index (Phi) is 15.8. The van der Waals surface area contributed by atoms with Crippen LogP contribution in [0.15, 0.2) is 0 Å². The molecule has 0 bridgehead atoms. The molecule has 0 spiro atoms. The lowest BCUT2D eigenvalue weighted by molar-refractivity contribution is -0.175. The van der Waals surface area contributed by atoms with Crippen LogP contribution in [0, 0.1) is 17.8 Å². The molecule has 1 fully saturated rings. The van der Waals surface area contributed by atoms with Gasteiger partial charge in [-0.1, -0.05) is 111 Å². The molecule has 0 heterocycles. The highest BCUT2D eigenvalue weighted by atomic mass is 16.6. The predicted octanol–water partition coefficient (Wildman–Crippen LogP) is 7.62. The van der Waals surface area contributed by atoms with E-state index in [4.69, 9.17) is 9.47 Å². The van der Waals surface area contributed by atoms with Crippen LogP contribution in [0.4, 0.5) is 0 Å². The zero-order valence-electron chi connectivity index (χ0n) is 21.0. The van der Waals surface area contributed by atoms with Crippen LogP contribution < -0.4 is 0 Å². The summed E-state index contributed by atoms with van der Waals surface area (Å²) in [5.74, 6) is -0.296. The Morgan fingerprint density at radius 3 is 1.81 bits per heavy atom. The van der Waals surface area contributed by atoms with E-state index in [1.165, 1.54) is 77.0 Å². The van der Waals surface area contributed by atoms with Gasteiger partial charge in [0.2, 0.25) is 0 Å². The number of carbonyl (C=O) groups is 2. The van der Waals surface area contributed by atoms with Crippen molar-refractivity contribution in [1.82, 2.24) is 0 Å². The number of rotatable bonds is 16. The van der Waals surface area contributed by atoms with Crippen molar-refractivity contribution >= 4 is 11.9 Å². The minimum Gasteiger partial charge on any atom is -0.457 e. The summed E-state index contributed by atoms with van der Waals surface area (Å²) in [6, 6.07) is 0. The maximum atomic E-state index is 12.2. The molecular formula is C27H50O4. The van der Waals surface area contributed by atoms with Gasteiger partial charge in [-0.15, -0.1) is 0 Å². The monoisotopic (exact) mass is 438 g/mol. The van der Waals surface area contributed by atoms with Crippen molar-refractivity contribution in [2.45, 2.75) is 137 Å². The zero-order chi connectivity index (χ0) is 22.9. The standard InChI is InChI=1S/C27H50O4/c1-5-6-7-8-9-10-11-12-13-14-15-16-17-20-30-26(28)27(29)31-25-21-23(4)18-19-24(25)22(2)3/h22-25H,5-21H2,1-4H3. The number of hydrogen-bond acceptors (Lipinski definition) is 4. The van der Waals surface area contributed by atoms with Crippen LogP contribution in [0.2, 0.25) is 0 Å². The Morgan fingerprint density at radius 1 is 0.774 bits per heavy atom. The van der Waals surface area contributed by atoms with Crippen molar-refractivity contribution in [2.24, 2.45) is 17.8 Å². The van der Waals surface area contributed by atoms with Crippen molar-refractivity contribution < 1.29 is 19.1 Å². The first-order chi connectivity index (χ1) is 15.0. The SMILES string of the molecule is CCCCCCCCCCCCCCCOC(=O)C(=O)OC1CC(C)CCC1C(C)C. The lowest BCUT2D eigenvalue weighted by Gasteiger charge is -2.36. The topological polar surface area (TPSA) is 52.6 Å². The van der Waals surface area contributed by atoms with Gasteiger partial charge in [-0.05, 0) is 37.0 Å². The van der Waals surface area contributed by atoms with E-state index in [1.807, 2.05) is 0 Å². The van der Waals surface area contributed by atoms with Gasteiger partial charge in [0.1, 0.15) is 6.10 Å². The molecule has 0 aliphatic heterocycles. The zero-order valence-corrected chi connectivity index (χ0v) is 21.0. The Morgan fingerprint density at radius 2 is 1.29 bits per heavy atom. The molecule has 182 valence electrons. The molecule has 1 aliphatic rings. The van der Waals surface area contributed by atoms with E-state index >= 15 is 0 Å². The average molecular weight is 439 g/mol. The fourth-order valence-corrected chi connectivity index (χ4v) is 4.78. The lowest BCUT2D eigenvalue weighted by atomic mass is 9.75. The van der Waals surface area contributed by atoms with Gasteiger partial charge in [0.25, 0.3) is 0 Å². The second kappa shape index (κ2) is 17.5. The molecule has 0 radical (unpaired) electrons. The lowest BCUT2D eigenvalue weighted by Crippen LogP contribution is -2.37. The first kappa shape index (κ1) is 28.0. The molecule has 1 aliphatic carbocycles. The van der Waals surface area contributed by atoms with E-state index in [2.05, 4.69) is 27.7 Å². The fraction of sp³-hybridized carbons (Fsp3) is 0.926. The molecule has 0 N–H and O–H groups in total. The van der Waals surface area contributed by atoms with Crippen molar-refractivity contribution in [3.63, 3.8) is 0 Å². The Bertz CT molecular complexity index is 474. The Balaban J connectivity index is 2.01. The molecule has 0 saturated heterocycles. The largest absolute Gasteiger partial charge is 0.457 e. The summed E-state index contributed by atoms with van der Waals surface area (Å²) < 4.78 is 10.7. The minimum absolute atomic E-state index is 0.153. The Labute approximate surface area is 192 Å². The molecule has 31 heavy (non-hydrogen) atoms. The number of esters is 2. The van der Waals surface area contributed by atoms with E-state index < -0.39 is 11.9 Å². The molecule has 3 atom stereocenters. The second-order valence-corrected chi connectivity index (χ2v) is 10.1. The molecule has 0 aromatic heterocycles. The fourth-order valence-electron chi connectivity index (χ4n) is 4.78. The average Bonchev–Trinajstić information content (AvgIpc) is 2.73. The van der Waals surface area contributed by atoms with Gasteiger partial charge in [0.15, 0.2) is 0 Å². The molecular weight excluding hydrogens is 388 g/mol. The highest BCUT2D eigenvalue weighted by Crippen LogP contribution is 2.35. The van der Waals surface area contributed by atoms with Gasteiger partial charge in [-0.25, -0.2) is 9.59 Å². The number of hydrogen-bond donors (Lipinski definition) is 0. The van der Waals surface area contributed by atoms with E-state index in [9.17, 15) is 9.59 Å². The highest BCUT2D eigenvalue weighted by molar-refractivity contribution is 6.29. The van der Waals surface area contributed by atoms with Crippen LogP contribution in [0.25, 0.3) is 0 Å². The van der Waals surface area contributed by atoms with Crippen molar-refractivity contribution in [3.05, 3.63) is 0 Å². The number of ether oxygens (including phenoxy) is 2. The summed E-state index contributed by atoms with van der Waals surface area (Å²) in [6.45, 7) is 9.09. The van der Waals surface area contributed by atoms with Gasteiger partial charge in [-0.2, -0.15) is 0 Å². The van der Waals surface area contributed by atoms with E-state index in [0.717, 1.165) is 25.7 Å². The van der Waals surface area contributed by atoms with Crippen LogP contribution in [-0.4, -0.2) is 24.6 Å². The predicted molar refractivity (Wildman–Crippen MR) is 128 cm³/mol. The van der Waals surface area contributed by atoms with Gasteiger partial charge in [0, 0.05) is 0 Å². The summed E-state index contributed by atoms with van der Waals surface area (Å²) >= 11 is 0. The molecule has 0 aromatic rings. The summed E-state index contributed by atoms with van der Waals surface area (Å²) in [4.78, 5) is 24.2. The van der Waals surface area contributed by atoms with Crippen LogP contribution in [0.1, 0.15) is 130 Å². The first-order valence-corrected chi connectivity index (χ1v) is 13.3. The van der Waals surface area contributed by atoms with Crippen LogP contribution in [0.5, 0.6) is 0 Å². The third-order valence-corrected chi connectivity index (χ3v) is 6.87. The van der Waals surface area contributed by atoms with Crippen molar-refractivity contribution in [3.8, 4) is 0 Å². The molecule has 1 rings (SSSR count). The molecule has 1 saturated carbocycles. The first-order valence-electron chi connectivity index (χ1n) is 13.3. The van der Waals surface area contributed by atoms with Gasteiger partial charge >= 0.3 is 11.9 Å². The molecule has 3 unspecified atom stereocenters. The molecule has 0 aromatic carbocycles. The molecule has 4 nitrogen and oxygen atoms in total. The molecule has 4 heteroatoms. The van der Waals surface area contributed by atoms with Gasteiger partial charge in [-0.3, -0.25) is 0 Å². The second-order valence-electron chi connectivity index (χ2n) is 10.1. The summed E-state index contributed by atoms with van der Waals surface area (Å²) in [5, 5.41) is 0. The van der Waals surface area contributed by atoms with Crippen molar-refractivity contribution in [1.29, 1.82) is 0 Å². The quantitative estimate of drug-likeness (QED) is 0.141. The maximum Gasteiger partial charge on any atom is 0.417 e. The van der Waals surface area contributed by atoms with Crippen LogP contribution >= 0.6 is 0 Å². The minimum atomic E-state index is -0.820. The smallest absolute Gasteiger partial charge is 0.417 e. The number of unbranched alkanes of at least 4 members (excludes halogenated alkanes) is 12. The van der Waals surface area contributed by atoms with Crippen LogP contribution in [-0.2, 0) is 19.1 Å². The van der Waals surface area contributed by atoms with Crippen LogP contribution in [0.3, 0.4) is 0 Å². The summed E-state index contributed by atoms with van der Waals surface area (Å²) in [7, 11) is 0. The third kappa shape index (κ3) is 13.2. The van der Waals surface area contributed by atoms with E-state index in [1.54, 1.807) is 0 Å². The maximum absolute atomic E-state index is 12.2. The van der Waals surface area contributed by atoms with E-state index in [-0.39, 0.29) is 6.10 Å². The summed E-state index contributed by atoms with van der Waals surface area (Å²) in [5.41, 5.74) is 0. The summed E-state index contributed by atoms with van der Waals surface area (Å²) in [6.07, 6.45) is 19.5. The van der Waals surface area contributed by atoms with Crippen molar-refractivity contribution in [2.75, 3.05) is 6.61 Å². The number of carbonyl (C=O) groups excluding carboxylic acids is 2. The van der Waals surface area contributed by atoms with E-state index in [0.29, 0.717) is 24.4 Å². The van der Waals surface area contributed by atoms with Gasteiger partial charge < -0.3 is 9.47 Å². The molecule has 0 amide bonds. The Hall–Kier alpha value is -1.06. The highest BCUT2D eigenvalue weighted by Gasteiger charge is 2.35. The third-order valence-electron chi connectivity index (χ3n) is 6.87. The van der Waals surface area contributed by atoms with Gasteiger partial charge in [0.05, 0.1) is 6.61 Å². The normalized spacial score (nSPS) is 21.3.